The lowest BCUT2D eigenvalue weighted by Crippen LogP contribution is -2.15. The number of nitrogen functional groups attached to an aromatic ring is 1. The maximum Gasteiger partial charge on any atom is 0.397 e. The van der Waals surface area contributed by atoms with Crippen molar-refractivity contribution >= 4 is 37.3 Å². The number of anilines is 1. The molecule has 0 aliphatic rings. The first-order valence-corrected chi connectivity index (χ1v) is 10.3. The minimum Gasteiger partial charge on any atom is -0.399 e. The summed E-state index contributed by atoms with van der Waals surface area (Å²) in [4.78, 5) is -0.0290. The molecule has 26 heavy (non-hydrogen) atoms. The Morgan fingerprint density at radius 1 is 1.00 bits per heavy atom. The molecule has 11 heteroatoms. The van der Waals surface area contributed by atoms with Crippen molar-refractivity contribution in [3.05, 3.63) is 48.0 Å². The Hall–Kier alpha value is -2.34. The highest BCUT2D eigenvalue weighted by Crippen LogP contribution is 2.23. The number of hydrogen-bond donors (Lipinski definition) is 2. The molecule has 0 saturated carbocycles. The van der Waals surface area contributed by atoms with Crippen LogP contribution in [0.3, 0.4) is 0 Å². The van der Waals surface area contributed by atoms with Gasteiger partial charge in [-0.3, -0.25) is 4.55 Å². The van der Waals surface area contributed by atoms with Gasteiger partial charge in [0.25, 0.3) is 0 Å². The molecule has 9 nitrogen and oxygen atoms in total. The van der Waals surface area contributed by atoms with Gasteiger partial charge in [-0.15, -0.1) is 0 Å². The predicted molar refractivity (Wildman–Crippen MR) is 95.8 cm³/mol. The van der Waals surface area contributed by atoms with E-state index in [2.05, 4.69) is 14.4 Å². The van der Waals surface area contributed by atoms with Crippen LogP contribution in [0.1, 0.15) is 5.56 Å². The van der Waals surface area contributed by atoms with E-state index in [1.807, 2.05) is 6.92 Å². The fourth-order valence-electron chi connectivity index (χ4n) is 1.92. The average Bonchev–Trinajstić information content (AvgIpc) is 2.55. The highest BCUT2D eigenvalue weighted by Gasteiger charge is 2.16. The monoisotopic (exact) mass is 399 g/mol. The fourth-order valence-corrected chi connectivity index (χ4v) is 3.41. The fraction of sp³-hybridized carbons (Fsp3) is 0.200. The molecular weight excluding hydrogens is 382 g/mol. The molecule has 2 aromatic rings. The van der Waals surface area contributed by atoms with Gasteiger partial charge in [0.05, 0.1) is 28.6 Å². The molecule has 140 valence electrons. The molecule has 0 aliphatic heterocycles. The number of azo groups is 1. The topological polar surface area (TPSA) is 148 Å². The van der Waals surface area contributed by atoms with Gasteiger partial charge in [-0.2, -0.15) is 18.6 Å². The Kier molecular flexibility index (Phi) is 6.08. The van der Waals surface area contributed by atoms with Crippen molar-refractivity contribution in [1.29, 1.82) is 0 Å². The Balaban J connectivity index is 2.07. The van der Waals surface area contributed by atoms with Crippen LogP contribution in [-0.2, 0) is 24.4 Å². The molecule has 3 N–H and O–H groups in total. The van der Waals surface area contributed by atoms with Gasteiger partial charge < -0.3 is 5.73 Å². The van der Waals surface area contributed by atoms with Crippen molar-refractivity contribution in [3.63, 3.8) is 0 Å². The molecule has 0 heterocycles. The van der Waals surface area contributed by atoms with Crippen molar-refractivity contribution in [3.8, 4) is 0 Å². The second kappa shape index (κ2) is 7.91. The molecular formula is C15H17N3O6S2. The number of nitrogens with zero attached hydrogens (tertiary/aromatic N) is 2. The molecule has 0 bridgehead atoms. The van der Waals surface area contributed by atoms with Gasteiger partial charge in [0, 0.05) is 5.69 Å². The van der Waals surface area contributed by atoms with Gasteiger partial charge in [-0.1, -0.05) is 0 Å². The van der Waals surface area contributed by atoms with E-state index in [0.29, 0.717) is 17.1 Å². The first kappa shape index (κ1) is 20.0. The predicted octanol–water partition coefficient (Wildman–Crippen LogP) is 2.59. The van der Waals surface area contributed by atoms with Crippen molar-refractivity contribution in [2.45, 2.75) is 11.8 Å². The standard InChI is InChI=1S/C15H17N3O6S2/c1-11-10-13(4-7-15(11)16)18-17-12-2-5-14(6-3-12)25(19,20)9-8-24-26(21,22)23/h2-7,10H,8-9,16H2,1H3,(H,21,22,23). The molecule has 0 fully saturated rings. The van der Waals surface area contributed by atoms with Gasteiger partial charge in [0.1, 0.15) is 0 Å². The molecule has 2 rings (SSSR count). The minimum absolute atomic E-state index is 0.0290. The van der Waals surface area contributed by atoms with E-state index in [9.17, 15) is 16.8 Å². The van der Waals surface area contributed by atoms with Crippen LogP contribution in [0.25, 0.3) is 0 Å². The average molecular weight is 399 g/mol. The summed E-state index contributed by atoms with van der Waals surface area (Å²) in [5.74, 6) is -0.599. The largest absolute Gasteiger partial charge is 0.399 e. The summed E-state index contributed by atoms with van der Waals surface area (Å²) in [7, 11) is -8.44. The smallest absolute Gasteiger partial charge is 0.397 e. The van der Waals surface area contributed by atoms with Crippen molar-refractivity contribution in [2.75, 3.05) is 18.1 Å². The highest BCUT2D eigenvalue weighted by molar-refractivity contribution is 7.91. The number of rotatable bonds is 7. The first-order valence-electron chi connectivity index (χ1n) is 7.29. The van der Waals surface area contributed by atoms with Crippen LogP contribution in [-0.4, -0.2) is 33.7 Å². The van der Waals surface area contributed by atoms with Crippen LogP contribution in [0.2, 0.25) is 0 Å². The number of benzene rings is 2. The minimum atomic E-state index is -4.67. The van der Waals surface area contributed by atoms with Crippen LogP contribution in [0.4, 0.5) is 17.1 Å². The summed E-state index contributed by atoms with van der Waals surface area (Å²) in [5, 5.41) is 8.07. The van der Waals surface area contributed by atoms with Crippen molar-refractivity contribution in [2.24, 2.45) is 10.2 Å². The molecule has 0 radical (unpaired) electrons. The van der Waals surface area contributed by atoms with E-state index < -0.39 is 32.6 Å². The molecule has 0 aliphatic carbocycles. The third kappa shape index (κ3) is 5.88. The Morgan fingerprint density at radius 3 is 2.15 bits per heavy atom. The lowest BCUT2D eigenvalue weighted by Gasteiger charge is -2.04. The Bertz CT molecular complexity index is 1020. The zero-order chi connectivity index (χ0) is 19.4. The number of hydrogen-bond acceptors (Lipinski definition) is 8. The number of sulfone groups is 1. The van der Waals surface area contributed by atoms with E-state index in [0.717, 1.165) is 5.56 Å². The van der Waals surface area contributed by atoms with Crippen LogP contribution >= 0.6 is 0 Å². The summed E-state index contributed by atoms with van der Waals surface area (Å²) < 4.78 is 57.4. The molecule has 0 aromatic heterocycles. The molecule has 0 unspecified atom stereocenters. The van der Waals surface area contributed by atoms with Crippen molar-refractivity contribution < 1.29 is 25.6 Å². The third-order valence-corrected chi connectivity index (χ3v) is 5.47. The lowest BCUT2D eigenvalue weighted by atomic mass is 10.2. The second-order valence-corrected chi connectivity index (χ2v) is 8.50. The quantitative estimate of drug-likeness (QED) is 0.413. The molecule has 0 saturated heterocycles. The number of nitrogens with two attached hydrogens (primary N) is 1. The van der Waals surface area contributed by atoms with Gasteiger partial charge in [-0.25, -0.2) is 12.6 Å². The van der Waals surface area contributed by atoms with E-state index in [4.69, 9.17) is 10.3 Å². The maximum atomic E-state index is 12.1. The lowest BCUT2D eigenvalue weighted by molar-refractivity contribution is 0.284. The van der Waals surface area contributed by atoms with Gasteiger partial charge in [-0.05, 0) is 55.0 Å². The summed E-state index contributed by atoms with van der Waals surface area (Å²) in [6.45, 7) is 1.17. The van der Waals surface area contributed by atoms with Crippen LogP contribution in [0.5, 0.6) is 0 Å². The van der Waals surface area contributed by atoms with E-state index in [-0.39, 0.29) is 4.90 Å². The summed E-state index contributed by atoms with van der Waals surface area (Å²) in [5.41, 5.74) is 8.29. The molecule has 0 spiro atoms. The normalized spacial score (nSPS) is 12.5. The SMILES string of the molecule is Cc1cc(N=Nc2ccc(S(=O)(=O)CCOS(=O)(=O)O)cc2)ccc1N. The zero-order valence-electron chi connectivity index (χ0n) is 13.7. The third-order valence-electron chi connectivity index (χ3n) is 3.31. The Morgan fingerprint density at radius 2 is 1.58 bits per heavy atom. The summed E-state index contributed by atoms with van der Waals surface area (Å²) >= 11 is 0. The zero-order valence-corrected chi connectivity index (χ0v) is 15.4. The van der Waals surface area contributed by atoms with E-state index in [1.54, 1.807) is 18.2 Å². The first-order chi connectivity index (χ1) is 12.1. The molecule has 2 aromatic carbocycles. The van der Waals surface area contributed by atoms with Gasteiger partial charge >= 0.3 is 10.4 Å². The van der Waals surface area contributed by atoms with Crippen LogP contribution in [0, 0.1) is 6.92 Å². The Labute approximate surface area is 151 Å². The van der Waals surface area contributed by atoms with E-state index >= 15 is 0 Å². The van der Waals surface area contributed by atoms with Crippen LogP contribution < -0.4 is 5.73 Å². The highest BCUT2D eigenvalue weighted by atomic mass is 32.3. The van der Waals surface area contributed by atoms with Gasteiger partial charge in [0.2, 0.25) is 0 Å². The maximum absolute atomic E-state index is 12.1. The molecule has 0 atom stereocenters. The second-order valence-electron chi connectivity index (χ2n) is 5.30. The van der Waals surface area contributed by atoms with Crippen LogP contribution in [0.15, 0.2) is 57.6 Å². The summed E-state index contributed by atoms with van der Waals surface area (Å²) in [6, 6.07) is 10.8. The van der Waals surface area contributed by atoms with Crippen molar-refractivity contribution in [1.82, 2.24) is 0 Å². The van der Waals surface area contributed by atoms with Gasteiger partial charge in [0.15, 0.2) is 9.84 Å². The number of aryl methyl sites for hydroxylation is 1. The summed E-state index contributed by atoms with van der Waals surface area (Å²) in [6.07, 6.45) is 0. The van der Waals surface area contributed by atoms with E-state index in [1.165, 1.54) is 24.3 Å². The molecule has 0 amide bonds.